The number of nitrogens with zero attached hydrogens (tertiary/aromatic N) is 1. The number of anilines is 1. The minimum atomic E-state index is -0.253. The van der Waals surface area contributed by atoms with Crippen LogP contribution in [0.2, 0.25) is 5.02 Å². The Morgan fingerprint density at radius 3 is 2.62 bits per heavy atom. The number of rotatable bonds is 6. The molecule has 0 aliphatic heterocycles. The molecule has 7 heteroatoms. The van der Waals surface area contributed by atoms with E-state index in [1.54, 1.807) is 18.2 Å². The Labute approximate surface area is 160 Å². The van der Waals surface area contributed by atoms with Gasteiger partial charge in [0.15, 0.2) is 16.6 Å². The Morgan fingerprint density at radius 2 is 1.88 bits per heavy atom. The smallest absolute Gasteiger partial charge is 0.257 e. The molecule has 26 heavy (non-hydrogen) atoms. The molecule has 0 atom stereocenters. The van der Waals surface area contributed by atoms with Crippen molar-refractivity contribution in [2.75, 3.05) is 18.5 Å². The van der Waals surface area contributed by atoms with Crippen molar-refractivity contribution < 1.29 is 14.3 Å². The third kappa shape index (κ3) is 3.76. The standard InChI is InChI=1S/C19H19ClN2O3S/c1-4-24-14-8-6-12(10-15(14)25-5-2)18(23)22-19-21-17-11(3)13(20)7-9-16(17)26-19/h6-10H,4-5H2,1-3H3,(H,21,22,23). The predicted octanol–water partition coefficient (Wildman–Crippen LogP) is 5.31. The first-order valence-electron chi connectivity index (χ1n) is 8.30. The minimum absolute atomic E-state index is 0.253. The maximum Gasteiger partial charge on any atom is 0.257 e. The van der Waals surface area contributed by atoms with Crippen molar-refractivity contribution >= 4 is 44.2 Å². The Hall–Kier alpha value is -2.31. The summed E-state index contributed by atoms with van der Waals surface area (Å²) in [5, 5.41) is 4.03. The molecule has 5 nitrogen and oxygen atoms in total. The van der Waals surface area contributed by atoms with Crippen molar-refractivity contribution in [3.05, 3.63) is 46.5 Å². The molecule has 0 bridgehead atoms. The first-order valence-corrected chi connectivity index (χ1v) is 9.49. The van der Waals surface area contributed by atoms with Gasteiger partial charge in [0, 0.05) is 10.6 Å². The van der Waals surface area contributed by atoms with Crippen molar-refractivity contribution in [1.29, 1.82) is 0 Å². The van der Waals surface area contributed by atoms with Gasteiger partial charge in [0.2, 0.25) is 0 Å². The molecule has 0 unspecified atom stereocenters. The zero-order chi connectivity index (χ0) is 18.7. The molecule has 1 amide bonds. The lowest BCUT2D eigenvalue weighted by Crippen LogP contribution is -2.12. The van der Waals surface area contributed by atoms with E-state index in [-0.39, 0.29) is 5.91 Å². The van der Waals surface area contributed by atoms with Gasteiger partial charge < -0.3 is 9.47 Å². The quantitative estimate of drug-likeness (QED) is 0.619. The van der Waals surface area contributed by atoms with E-state index in [2.05, 4.69) is 10.3 Å². The van der Waals surface area contributed by atoms with Crippen LogP contribution in [0.5, 0.6) is 11.5 Å². The fraction of sp³-hybridized carbons (Fsp3) is 0.263. The van der Waals surface area contributed by atoms with Crippen LogP contribution in [0.15, 0.2) is 30.3 Å². The Balaban J connectivity index is 1.85. The Bertz CT molecular complexity index is 955. The number of thiazole rings is 1. The van der Waals surface area contributed by atoms with E-state index in [1.807, 2.05) is 32.9 Å². The summed E-state index contributed by atoms with van der Waals surface area (Å²) in [5.74, 6) is 0.918. The van der Waals surface area contributed by atoms with E-state index in [1.165, 1.54) is 11.3 Å². The molecule has 0 fully saturated rings. The Morgan fingerprint density at radius 1 is 1.15 bits per heavy atom. The van der Waals surface area contributed by atoms with Crippen LogP contribution in [0.1, 0.15) is 29.8 Å². The van der Waals surface area contributed by atoms with Crippen LogP contribution < -0.4 is 14.8 Å². The molecule has 1 N–H and O–H groups in total. The van der Waals surface area contributed by atoms with Crippen molar-refractivity contribution in [2.24, 2.45) is 0 Å². The summed E-state index contributed by atoms with van der Waals surface area (Å²) in [6.07, 6.45) is 0. The van der Waals surface area contributed by atoms with Crippen LogP contribution in [0.3, 0.4) is 0 Å². The monoisotopic (exact) mass is 390 g/mol. The largest absolute Gasteiger partial charge is 0.490 e. The van der Waals surface area contributed by atoms with Gasteiger partial charge in [0.25, 0.3) is 5.91 Å². The van der Waals surface area contributed by atoms with Crippen LogP contribution in [-0.2, 0) is 0 Å². The average molecular weight is 391 g/mol. The van der Waals surface area contributed by atoms with Crippen LogP contribution >= 0.6 is 22.9 Å². The maximum absolute atomic E-state index is 12.6. The number of carbonyl (C=O) groups excluding carboxylic acids is 1. The summed E-state index contributed by atoms with van der Waals surface area (Å²) in [4.78, 5) is 17.1. The van der Waals surface area contributed by atoms with Crippen LogP contribution in [0.25, 0.3) is 10.2 Å². The molecule has 1 heterocycles. The van der Waals surface area contributed by atoms with Gasteiger partial charge in [-0.15, -0.1) is 0 Å². The predicted molar refractivity (Wildman–Crippen MR) is 106 cm³/mol. The first kappa shape index (κ1) is 18.5. The summed E-state index contributed by atoms with van der Waals surface area (Å²) in [6.45, 7) is 6.72. The van der Waals surface area contributed by atoms with E-state index >= 15 is 0 Å². The van der Waals surface area contributed by atoms with Gasteiger partial charge in [0.1, 0.15) is 0 Å². The van der Waals surface area contributed by atoms with Crippen molar-refractivity contribution in [3.63, 3.8) is 0 Å². The SMILES string of the molecule is CCOc1ccc(C(=O)Nc2nc3c(C)c(Cl)ccc3s2)cc1OCC. The molecule has 1 aromatic heterocycles. The number of hydrogen-bond acceptors (Lipinski definition) is 5. The van der Waals surface area contributed by atoms with Gasteiger partial charge in [-0.2, -0.15) is 0 Å². The molecule has 3 aromatic rings. The zero-order valence-corrected chi connectivity index (χ0v) is 16.3. The van der Waals surface area contributed by atoms with Gasteiger partial charge in [0.05, 0.1) is 23.4 Å². The van der Waals surface area contributed by atoms with Gasteiger partial charge in [-0.3, -0.25) is 10.1 Å². The molecule has 136 valence electrons. The number of ether oxygens (including phenoxy) is 2. The van der Waals surface area contributed by atoms with Crippen LogP contribution in [0, 0.1) is 6.92 Å². The number of hydrogen-bond donors (Lipinski definition) is 1. The number of fused-ring (bicyclic) bond motifs is 1. The molecule has 0 aliphatic rings. The summed E-state index contributed by atoms with van der Waals surface area (Å²) >= 11 is 7.55. The lowest BCUT2D eigenvalue weighted by molar-refractivity contribution is 0.102. The molecule has 0 saturated carbocycles. The molecular formula is C19H19ClN2O3S. The molecule has 3 rings (SSSR count). The van der Waals surface area contributed by atoms with Gasteiger partial charge in [-0.05, 0) is 56.7 Å². The van der Waals surface area contributed by atoms with E-state index in [4.69, 9.17) is 21.1 Å². The van der Waals surface area contributed by atoms with Crippen molar-refractivity contribution in [2.45, 2.75) is 20.8 Å². The van der Waals surface area contributed by atoms with E-state index in [0.29, 0.717) is 40.4 Å². The lowest BCUT2D eigenvalue weighted by atomic mass is 10.2. The zero-order valence-electron chi connectivity index (χ0n) is 14.8. The molecule has 0 radical (unpaired) electrons. The van der Waals surface area contributed by atoms with Gasteiger partial charge in [-0.25, -0.2) is 4.98 Å². The highest BCUT2D eigenvalue weighted by molar-refractivity contribution is 7.22. The van der Waals surface area contributed by atoms with Crippen molar-refractivity contribution in [1.82, 2.24) is 4.98 Å². The number of aryl methyl sites for hydroxylation is 1. The number of halogens is 1. The summed E-state index contributed by atoms with van der Waals surface area (Å²) in [5.41, 5.74) is 2.19. The molecule has 0 aliphatic carbocycles. The Kier molecular flexibility index (Phi) is 5.64. The molecule has 2 aromatic carbocycles. The maximum atomic E-state index is 12.6. The number of aromatic nitrogens is 1. The third-order valence-electron chi connectivity index (χ3n) is 3.77. The number of nitrogens with one attached hydrogen (secondary N) is 1. The second kappa shape index (κ2) is 7.93. The van der Waals surface area contributed by atoms with Gasteiger partial charge >= 0.3 is 0 Å². The van der Waals surface area contributed by atoms with E-state index in [0.717, 1.165) is 15.8 Å². The normalized spacial score (nSPS) is 10.8. The summed E-state index contributed by atoms with van der Waals surface area (Å²) < 4.78 is 12.1. The minimum Gasteiger partial charge on any atom is -0.490 e. The number of carbonyl (C=O) groups is 1. The van der Waals surface area contributed by atoms with E-state index in [9.17, 15) is 4.79 Å². The fourth-order valence-corrected chi connectivity index (χ4v) is 3.59. The summed E-state index contributed by atoms with van der Waals surface area (Å²) in [7, 11) is 0. The topological polar surface area (TPSA) is 60.5 Å². The third-order valence-corrected chi connectivity index (χ3v) is 5.12. The molecule has 0 saturated heterocycles. The summed E-state index contributed by atoms with van der Waals surface area (Å²) in [6, 6.07) is 8.87. The fourth-order valence-electron chi connectivity index (χ4n) is 2.52. The molecular weight excluding hydrogens is 372 g/mol. The number of benzene rings is 2. The number of amides is 1. The average Bonchev–Trinajstić information content (AvgIpc) is 3.03. The first-order chi connectivity index (χ1) is 12.5. The second-order valence-electron chi connectivity index (χ2n) is 5.52. The van der Waals surface area contributed by atoms with Crippen LogP contribution in [0.4, 0.5) is 5.13 Å². The van der Waals surface area contributed by atoms with E-state index < -0.39 is 0 Å². The highest BCUT2D eigenvalue weighted by atomic mass is 35.5. The van der Waals surface area contributed by atoms with Crippen molar-refractivity contribution in [3.8, 4) is 11.5 Å². The highest BCUT2D eigenvalue weighted by Crippen LogP contribution is 2.32. The van der Waals surface area contributed by atoms with Gasteiger partial charge in [-0.1, -0.05) is 22.9 Å². The second-order valence-corrected chi connectivity index (χ2v) is 6.96. The highest BCUT2D eigenvalue weighted by Gasteiger charge is 2.15. The molecule has 0 spiro atoms. The lowest BCUT2D eigenvalue weighted by Gasteiger charge is -2.12. The van der Waals surface area contributed by atoms with Crippen LogP contribution in [-0.4, -0.2) is 24.1 Å².